The van der Waals surface area contributed by atoms with Crippen molar-refractivity contribution in [2.24, 2.45) is 0 Å². The van der Waals surface area contributed by atoms with Crippen molar-refractivity contribution in [3.63, 3.8) is 0 Å². The maximum absolute atomic E-state index is 13.7. The molecule has 1 aromatic heterocycles. The predicted octanol–water partition coefficient (Wildman–Crippen LogP) is 3.77. The highest BCUT2D eigenvalue weighted by molar-refractivity contribution is 5.56. The number of aromatic nitrogens is 1. The van der Waals surface area contributed by atoms with E-state index >= 15 is 0 Å². The quantitative estimate of drug-likeness (QED) is 0.805. The maximum Gasteiger partial charge on any atom is 0.168 e. The lowest BCUT2D eigenvalue weighted by atomic mass is 10.3. The van der Waals surface area contributed by atoms with Gasteiger partial charge in [-0.1, -0.05) is 26.0 Å². The van der Waals surface area contributed by atoms with Gasteiger partial charge in [0.25, 0.3) is 0 Å². The van der Waals surface area contributed by atoms with Crippen molar-refractivity contribution in [3.05, 3.63) is 48.5 Å². The van der Waals surface area contributed by atoms with Crippen molar-refractivity contribution in [2.75, 3.05) is 31.5 Å². The monoisotopic (exact) mass is 303 g/mol. The normalized spacial score (nSPS) is 10.7. The van der Waals surface area contributed by atoms with Crippen molar-refractivity contribution in [1.82, 2.24) is 9.88 Å². The van der Waals surface area contributed by atoms with Crippen LogP contribution in [0, 0.1) is 5.82 Å². The molecule has 5 heteroatoms. The Morgan fingerprint density at radius 1 is 1.14 bits per heavy atom. The van der Waals surface area contributed by atoms with Gasteiger partial charge in [-0.2, -0.15) is 0 Å². The summed E-state index contributed by atoms with van der Waals surface area (Å²) < 4.78 is 19.3. The van der Waals surface area contributed by atoms with E-state index in [1.54, 1.807) is 30.6 Å². The molecule has 0 amide bonds. The number of likely N-dealkylation sites (N-methyl/N-ethyl adjacent to an activating group) is 1. The highest BCUT2D eigenvalue weighted by Gasteiger charge is 2.08. The summed E-state index contributed by atoms with van der Waals surface area (Å²) in [4.78, 5) is 6.37. The molecule has 0 atom stereocenters. The second-order valence-corrected chi connectivity index (χ2v) is 4.86. The fraction of sp³-hybridized carbons (Fsp3) is 0.353. The standard InChI is InChI=1S/C17H22FN3O/c1-3-21(4-2)12-11-20-15-9-10-19-13-17(15)22-16-8-6-5-7-14(16)18/h5-10,13H,3-4,11-12H2,1-2H3,(H,19,20). The van der Waals surface area contributed by atoms with Gasteiger partial charge in [-0.25, -0.2) is 4.39 Å². The Kier molecular flexibility index (Phi) is 6.15. The van der Waals surface area contributed by atoms with E-state index < -0.39 is 0 Å². The number of nitrogens with one attached hydrogen (secondary N) is 1. The van der Waals surface area contributed by atoms with E-state index in [1.807, 2.05) is 6.07 Å². The highest BCUT2D eigenvalue weighted by atomic mass is 19.1. The average molecular weight is 303 g/mol. The van der Waals surface area contributed by atoms with Crippen LogP contribution in [0.25, 0.3) is 0 Å². The zero-order valence-corrected chi connectivity index (χ0v) is 13.1. The number of pyridine rings is 1. The molecule has 1 heterocycles. The number of nitrogens with zero attached hydrogens (tertiary/aromatic N) is 2. The molecule has 0 fully saturated rings. The van der Waals surface area contributed by atoms with Crippen LogP contribution in [-0.4, -0.2) is 36.1 Å². The van der Waals surface area contributed by atoms with Gasteiger partial charge in [-0.3, -0.25) is 4.98 Å². The lowest BCUT2D eigenvalue weighted by molar-refractivity contribution is 0.316. The molecule has 1 N–H and O–H groups in total. The predicted molar refractivity (Wildman–Crippen MR) is 87.0 cm³/mol. The second-order valence-electron chi connectivity index (χ2n) is 4.86. The molecule has 0 saturated carbocycles. The number of hydrogen-bond acceptors (Lipinski definition) is 4. The maximum atomic E-state index is 13.7. The largest absolute Gasteiger partial charge is 0.450 e. The van der Waals surface area contributed by atoms with E-state index in [-0.39, 0.29) is 11.6 Å². The van der Waals surface area contributed by atoms with Crippen LogP contribution in [0.4, 0.5) is 10.1 Å². The van der Waals surface area contributed by atoms with Crippen LogP contribution in [0.2, 0.25) is 0 Å². The molecule has 0 aliphatic heterocycles. The van der Waals surface area contributed by atoms with Gasteiger partial charge in [0.1, 0.15) is 0 Å². The summed E-state index contributed by atoms with van der Waals surface area (Å²) in [6.45, 7) is 8.05. The summed E-state index contributed by atoms with van der Waals surface area (Å²) in [6, 6.07) is 8.18. The van der Waals surface area contributed by atoms with E-state index in [2.05, 4.69) is 29.0 Å². The molecule has 22 heavy (non-hydrogen) atoms. The van der Waals surface area contributed by atoms with E-state index in [9.17, 15) is 4.39 Å². The number of benzene rings is 1. The Bertz CT molecular complexity index is 588. The van der Waals surface area contributed by atoms with Gasteiger partial charge in [0.05, 0.1) is 11.9 Å². The minimum Gasteiger partial charge on any atom is -0.450 e. The van der Waals surface area contributed by atoms with Gasteiger partial charge < -0.3 is 15.0 Å². The minimum absolute atomic E-state index is 0.197. The van der Waals surface area contributed by atoms with Crippen molar-refractivity contribution >= 4 is 5.69 Å². The van der Waals surface area contributed by atoms with Gasteiger partial charge in [0.2, 0.25) is 0 Å². The van der Waals surface area contributed by atoms with E-state index in [1.165, 1.54) is 6.07 Å². The summed E-state index contributed by atoms with van der Waals surface area (Å²) in [7, 11) is 0. The first kappa shape index (κ1) is 16.2. The Morgan fingerprint density at radius 2 is 1.91 bits per heavy atom. The zero-order valence-electron chi connectivity index (χ0n) is 13.1. The third kappa shape index (κ3) is 4.43. The van der Waals surface area contributed by atoms with Gasteiger partial charge in [-0.05, 0) is 31.3 Å². The van der Waals surface area contributed by atoms with Crippen LogP contribution in [0.15, 0.2) is 42.7 Å². The Hall–Kier alpha value is -2.14. The summed E-state index contributed by atoms with van der Waals surface area (Å²) in [5.41, 5.74) is 0.811. The summed E-state index contributed by atoms with van der Waals surface area (Å²) in [6.07, 6.45) is 3.28. The fourth-order valence-electron chi connectivity index (χ4n) is 2.14. The molecule has 4 nitrogen and oxygen atoms in total. The first-order chi connectivity index (χ1) is 10.7. The molecule has 0 saturated heterocycles. The molecule has 0 radical (unpaired) electrons. The van der Waals surface area contributed by atoms with Gasteiger partial charge in [0.15, 0.2) is 17.3 Å². The third-order valence-corrected chi connectivity index (χ3v) is 3.48. The summed E-state index contributed by atoms with van der Waals surface area (Å²) in [5, 5.41) is 3.32. The van der Waals surface area contributed by atoms with Gasteiger partial charge in [0, 0.05) is 19.3 Å². The smallest absolute Gasteiger partial charge is 0.168 e. The fourth-order valence-corrected chi connectivity index (χ4v) is 2.14. The summed E-state index contributed by atoms with van der Waals surface area (Å²) >= 11 is 0. The molecule has 0 aliphatic carbocycles. The van der Waals surface area contributed by atoms with Gasteiger partial charge in [-0.15, -0.1) is 0 Å². The van der Waals surface area contributed by atoms with Crippen LogP contribution in [-0.2, 0) is 0 Å². The number of ether oxygens (including phenoxy) is 1. The number of rotatable bonds is 8. The molecule has 0 bridgehead atoms. The zero-order chi connectivity index (χ0) is 15.8. The average Bonchev–Trinajstić information content (AvgIpc) is 2.55. The molecular weight excluding hydrogens is 281 g/mol. The van der Waals surface area contributed by atoms with Crippen LogP contribution >= 0.6 is 0 Å². The van der Waals surface area contributed by atoms with Crippen LogP contribution in [0.5, 0.6) is 11.5 Å². The van der Waals surface area contributed by atoms with Crippen molar-refractivity contribution < 1.29 is 9.13 Å². The van der Waals surface area contributed by atoms with E-state index in [4.69, 9.17) is 4.74 Å². The molecule has 0 aliphatic rings. The van der Waals surface area contributed by atoms with E-state index in [0.717, 1.165) is 31.9 Å². The van der Waals surface area contributed by atoms with Crippen molar-refractivity contribution in [1.29, 1.82) is 0 Å². The lowest BCUT2D eigenvalue weighted by Crippen LogP contribution is -2.28. The highest BCUT2D eigenvalue weighted by Crippen LogP contribution is 2.29. The van der Waals surface area contributed by atoms with Crippen LogP contribution < -0.4 is 10.1 Å². The number of halogens is 1. The van der Waals surface area contributed by atoms with Gasteiger partial charge >= 0.3 is 0 Å². The molecule has 0 spiro atoms. The Morgan fingerprint density at radius 3 is 2.64 bits per heavy atom. The van der Waals surface area contributed by atoms with Crippen molar-refractivity contribution in [2.45, 2.75) is 13.8 Å². The third-order valence-electron chi connectivity index (χ3n) is 3.48. The molecule has 2 rings (SSSR count). The molecule has 2 aromatic rings. The topological polar surface area (TPSA) is 37.4 Å². The molecular formula is C17H22FN3O. The SMILES string of the molecule is CCN(CC)CCNc1ccncc1Oc1ccccc1F. The first-order valence-electron chi connectivity index (χ1n) is 7.57. The number of hydrogen-bond donors (Lipinski definition) is 1. The lowest BCUT2D eigenvalue weighted by Gasteiger charge is -2.19. The number of para-hydroxylation sites is 1. The Labute approximate surface area is 130 Å². The first-order valence-corrected chi connectivity index (χ1v) is 7.57. The molecule has 118 valence electrons. The minimum atomic E-state index is -0.388. The second kappa shape index (κ2) is 8.34. The van der Waals surface area contributed by atoms with Crippen LogP contribution in [0.1, 0.15) is 13.8 Å². The molecule has 0 unspecified atom stereocenters. The molecule has 1 aromatic carbocycles. The Balaban J connectivity index is 2.02. The van der Waals surface area contributed by atoms with Crippen molar-refractivity contribution in [3.8, 4) is 11.5 Å². The van der Waals surface area contributed by atoms with E-state index in [0.29, 0.717) is 5.75 Å². The van der Waals surface area contributed by atoms with Crippen LogP contribution in [0.3, 0.4) is 0 Å². The number of anilines is 1. The summed E-state index contributed by atoms with van der Waals surface area (Å²) in [5.74, 6) is 0.329.